The van der Waals surface area contributed by atoms with E-state index in [1.165, 1.54) is 0 Å². The lowest BCUT2D eigenvalue weighted by Crippen LogP contribution is -2.43. The number of ether oxygens (including phenoxy) is 2. The third kappa shape index (κ3) is 12.6. The third-order valence-electron chi connectivity index (χ3n) is 4.76. The van der Waals surface area contributed by atoms with Crippen LogP contribution in [0.25, 0.3) is 10.4 Å². The highest BCUT2D eigenvalue weighted by Crippen LogP contribution is 2.14. The van der Waals surface area contributed by atoms with Crippen molar-refractivity contribution in [2.75, 3.05) is 52.4 Å². The summed E-state index contributed by atoms with van der Waals surface area (Å²) in [6.45, 7) is 16.3. The quantitative estimate of drug-likeness (QED) is 0.266. The molecule has 0 aromatic carbocycles. The molecule has 0 atom stereocenters. The van der Waals surface area contributed by atoms with Gasteiger partial charge < -0.3 is 24.2 Å². The number of amides is 2. The molecule has 32 heavy (non-hydrogen) atoms. The van der Waals surface area contributed by atoms with Gasteiger partial charge in [0.2, 0.25) is 0 Å². The lowest BCUT2D eigenvalue weighted by atomic mass is 10.2. The van der Waals surface area contributed by atoms with Crippen LogP contribution in [0.3, 0.4) is 0 Å². The van der Waals surface area contributed by atoms with Gasteiger partial charge in [-0.15, -0.1) is 0 Å². The van der Waals surface area contributed by atoms with Crippen LogP contribution in [0, 0.1) is 0 Å². The van der Waals surface area contributed by atoms with Crippen molar-refractivity contribution in [3.8, 4) is 0 Å². The average Bonchev–Trinajstić information content (AvgIpc) is 2.63. The van der Waals surface area contributed by atoms with Gasteiger partial charge in [-0.3, -0.25) is 0 Å². The fourth-order valence-electron chi connectivity index (χ4n) is 3.41. The minimum Gasteiger partial charge on any atom is -0.444 e. The zero-order valence-corrected chi connectivity index (χ0v) is 20.8. The summed E-state index contributed by atoms with van der Waals surface area (Å²) in [5.41, 5.74) is 7.36. The maximum Gasteiger partial charge on any atom is 0.410 e. The second kappa shape index (κ2) is 13.4. The van der Waals surface area contributed by atoms with Crippen LogP contribution in [0.2, 0.25) is 0 Å². The predicted octanol–water partition coefficient (Wildman–Crippen LogP) is 4.65. The van der Waals surface area contributed by atoms with E-state index in [4.69, 9.17) is 15.0 Å². The fraction of sp³-hybridized carbons (Fsp3) is 0.909. The highest BCUT2D eigenvalue weighted by Gasteiger charge is 2.25. The summed E-state index contributed by atoms with van der Waals surface area (Å²) in [5.74, 6) is 0. The lowest BCUT2D eigenvalue weighted by molar-refractivity contribution is 0.0187. The fourth-order valence-corrected chi connectivity index (χ4v) is 3.41. The largest absolute Gasteiger partial charge is 0.444 e. The number of nitrogens with zero attached hydrogens (tertiary/aromatic N) is 6. The van der Waals surface area contributed by atoms with Crippen LogP contribution in [-0.2, 0) is 9.47 Å². The van der Waals surface area contributed by atoms with Crippen LogP contribution < -0.4 is 0 Å². The Morgan fingerprint density at radius 3 is 1.59 bits per heavy atom. The van der Waals surface area contributed by atoms with Crippen molar-refractivity contribution in [3.05, 3.63) is 10.4 Å². The number of azide groups is 1. The zero-order valence-electron chi connectivity index (χ0n) is 20.8. The molecule has 0 aromatic heterocycles. The normalized spacial score (nSPS) is 17.6. The predicted molar refractivity (Wildman–Crippen MR) is 125 cm³/mol. The number of hydrogen-bond donors (Lipinski definition) is 0. The van der Waals surface area contributed by atoms with Crippen LogP contribution in [0.15, 0.2) is 5.11 Å². The van der Waals surface area contributed by atoms with Gasteiger partial charge in [-0.25, -0.2) is 9.59 Å². The van der Waals surface area contributed by atoms with E-state index in [1.54, 1.807) is 9.80 Å². The molecule has 0 spiro atoms. The molecule has 0 bridgehead atoms. The van der Waals surface area contributed by atoms with Crippen molar-refractivity contribution >= 4 is 12.2 Å². The van der Waals surface area contributed by atoms with Crippen molar-refractivity contribution in [1.82, 2.24) is 14.7 Å². The topological polar surface area (TPSA) is 111 Å². The Hall–Kier alpha value is -2.19. The molecule has 10 heteroatoms. The third-order valence-corrected chi connectivity index (χ3v) is 4.76. The van der Waals surface area contributed by atoms with Crippen LogP contribution in [0.4, 0.5) is 9.59 Å². The molecule has 0 aliphatic carbocycles. The smallest absolute Gasteiger partial charge is 0.410 e. The Labute approximate surface area is 192 Å². The van der Waals surface area contributed by atoms with Gasteiger partial charge in [0, 0.05) is 37.6 Å². The van der Waals surface area contributed by atoms with Crippen LogP contribution in [0.5, 0.6) is 0 Å². The highest BCUT2D eigenvalue weighted by molar-refractivity contribution is 5.68. The van der Waals surface area contributed by atoms with E-state index in [2.05, 4.69) is 14.9 Å². The Morgan fingerprint density at radius 2 is 1.22 bits per heavy atom. The van der Waals surface area contributed by atoms with Crippen molar-refractivity contribution in [3.63, 3.8) is 0 Å². The van der Waals surface area contributed by atoms with E-state index in [9.17, 15) is 9.59 Å². The summed E-state index contributed by atoms with van der Waals surface area (Å²) in [5, 5.41) is 3.61. The van der Waals surface area contributed by atoms with Gasteiger partial charge in [0.15, 0.2) is 0 Å². The first-order valence-electron chi connectivity index (χ1n) is 11.6. The van der Waals surface area contributed by atoms with Crippen molar-refractivity contribution in [2.45, 2.75) is 78.4 Å². The Balaban J connectivity index is 2.87. The molecule has 184 valence electrons. The average molecular weight is 455 g/mol. The maximum atomic E-state index is 12.7. The molecule has 1 aliphatic heterocycles. The van der Waals surface area contributed by atoms with Gasteiger partial charge in [0.1, 0.15) is 11.2 Å². The molecule has 0 radical (unpaired) electrons. The summed E-state index contributed by atoms with van der Waals surface area (Å²) >= 11 is 0. The first-order chi connectivity index (χ1) is 14.9. The van der Waals surface area contributed by atoms with Crippen LogP contribution >= 0.6 is 0 Å². The van der Waals surface area contributed by atoms with E-state index in [-0.39, 0.29) is 12.2 Å². The molecule has 1 fully saturated rings. The molecular formula is C22H42N6O4. The van der Waals surface area contributed by atoms with E-state index in [1.807, 2.05) is 41.5 Å². The monoisotopic (exact) mass is 454 g/mol. The van der Waals surface area contributed by atoms with E-state index < -0.39 is 11.2 Å². The Kier molecular flexibility index (Phi) is 11.6. The second-order valence-corrected chi connectivity index (χ2v) is 10.1. The molecule has 1 aliphatic rings. The van der Waals surface area contributed by atoms with Crippen LogP contribution in [0.1, 0.15) is 67.2 Å². The number of carbonyl (C=O) groups is 2. The Morgan fingerprint density at radius 1 is 0.812 bits per heavy atom. The highest BCUT2D eigenvalue weighted by atomic mass is 16.6. The zero-order chi connectivity index (χ0) is 24.2. The lowest BCUT2D eigenvalue weighted by Gasteiger charge is -2.32. The Bertz CT molecular complexity index is 595. The summed E-state index contributed by atoms with van der Waals surface area (Å²) in [6, 6.07) is 0. The summed E-state index contributed by atoms with van der Waals surface area (Å²) < 4.78 is 11.2. The van der Waals surface area contributed by atoms with E-state index >= 15 is 0 Å². The number of rotatable bonds is 4. The molecule has 0 saturated carbocycles. The van der Waals surface area contributed by atoms with Crippen LogP contribution in [-0.4, -0.2) is 90.4 Å². The van der Waals surface area contributed by atoms with Gasteiger partial charge in [-0.05, 0) is 92.4 Å². The van der Waals surface area contributed by atoms with Gasteiger partial charge >= 0.3 is 12.2 Å². The molecule has 1 saturated heterocycles. The van der Waals surface area contributed by atoms with Crippen molar-refractivity contribution in [2.24, 2.45) is 5.11 Å². The summed E-state index contributed by atoms with van der Waals surface area (Å²) in [4.78, 5) is 34.0. The van der Waals surface area contributed by atoms with Gasteiger partial charge in [0.25, 0.3) is 0 Å². The molecule has 0 N–H and O–H groups in total. The molecule has 1 heterocycles. The molecule has 2 amide bonds. The first-order valence-corrected chi connectivity index (χ1v) is 11.6. The second-order valence-electron chi connectivity index (χ2n) is 10.1. The van der Waals surface area contributed by atoms with Gasteiger partial charge in [-0.2, -0.15) is 0 Å². The number of carbonyl (C=O) groups excluding carboxylic acids is 2. The van der Waals surface area contributed by atoms with Gasteiger partial charge in [0.05, 0.1) is 0 Å². The molecule has 10 nitrogen and oxygen atoms in total. The van der Waals surface area contributed by atoms with Gasteiger partial charge in [-0.1, -0.05) is 5.11 Å². The minimum absolute atomic E-state index is 0.326. The molecule has 0 unspecified atom stereocenters. The molecule has 1 rings (SSSR count). The van der Waals surface area contributed by atoms with Crippen molar-refractivity contribution < 1.29 is 19.1 Å². The van der Waals surface area contributed by atoms with E-state index in [0.29, 0.717) is 39.1 Å². The van der Waals surface area contributed by atoms with Crippen molar-refractivity contribution in [1.29, 1.82) is 0 Å². The minimum atomic E-state index is -0.559. The summed E-state index contributed by atoms with van der Waals surface area (Å²) in [7, 11) is 0. The summed E-state index contributed by atoms with van der Waals surface area (Å²) in [6.07, 6.45) is 2.44. The standard InChI is InChI=1S/C22H42N6O4/c1-21(2,3)31-19(29)27-15-8-13-26(12-7-11-24-25-23)14-9-16-28(18-10-17-27)20(30)32-22(4,5)6/h7-18H2,1-6H3. The molecular weight excluding hydrogens is 412 g/mol. The number of hydrogen-bond acceptors (Lipinski definition) is 6. The first kappa shape index (κ1) is 27.8. The SMILES string of the molecule is CC(C)(C)OC(=O)N1CCCN(CCCN=[N+]=[N-])CCCN(C(=O)OC(C)(C)C)CCC1. The maximum absolute atomic E-state index is 12.7. The van der Waals surface area contributed by atoms with E-state index in [0.717, 1.165) is 38.9 Å². The molecule has 0 aromatic rings.